The van der Waals surface area contributed by atoms with Crippen molar-refractivity contribution < 1.29 is 4.74 Å². The summed E-state index contributed by atoms with van der Waals surface area (Å²) >= 11 is 0. The van der Waals surface area contributed by atoms with Crippen LogP contribution in [0, 0.1) is 5.92 Å². The molecular weight excluding hydrogens is 396 g/mol. The molecule has 0 spiro atoms. The van der Waals surface area contributed by atoms with E-state index >= 15 is 0 Å². The number of hydrogen-bond donors (Lipinski definition) is 0. The SMILES string of the molecule is C[C@@H]1CN(C2CCCCC2)c2nc3c(c(=O)n(CCN4CCOCC4)c(=O)n3C)n2C1. The van der Waals surface area contributed by atoms with E-state index in [1.54, 1.807) is 11.6 Å². The summed E-state index contributed by atoms with van der Waals surface area (Å²) < 4.78 is 10.5. The predicted octanol–water partition coefficient (Wildman–Crippen LogP) is 1.02. The van der Waals surface area contributed by atoms with Gasteiger partial charge in [-0.15, -0.1) is 0 Å². The number of aryl methyl sites for hydroxylation is 1. The second-order valence-electron chi connectivity index (χ2n) is 9.50. The van der Waals surface area contributed by atoms with Gasteiger partial charge in [-0.2, -0.15) is 4.98 Å². The van der Waals surface area contributed by atoms with Gasteiger partial charge in [-0.3, -0.25) is 18.8 Å². The van der Waals surface area contributed by atoms with E-state index < -0.39 is 0 Å². The van der Waals surface area contributed by atoms with E-state index in [0.29, 0.717) is 49.4 Å². The minimum atomic E-state index is -0.279. The highest BCUT2D eigenvalue weighted by Gasteiger charge is 2.33. The van der Waals surface area contributed by atoms with Crippen LogP contribution in [0.15, 0.2) is 9.59 Å². The highest BCUT2D eigenvalue weighted by atomic mass is 16.5. The summed E-state index contributed by atoms with van der Waals surface area (Å²) in [5.41, 5.74) is 0.607. The Morgan fingerprint density at radius 3 is 2.52 bits per heavy atom. The number of anilines is 1. The molecular formula is C22H34N6O3. The monoisotopic (exact) mass is 430 g/mol. The zero-order valence-electron chi connectivity index (χ0n) is 18.8. The Morgan fingerprint density at radius 1 is 1.03 bits per heavy atom. The Labute approximate surface area is 182 Å². The van der Waals surface area contributed by atoms with Crippen molar-refractivity contribution in [3.8, 4) is 0 Å². The van der Waals surface area contributed by atoms with Gasteiger partial charge in [0.15, 0.2) is 11.2 Å². The number of rotatable bonds is 4. The minimum Gasteiger partial charge on any atom is -0.379 e. The molecule has 9 nitrogen and oxygen atoms in total. The lowest BCUT2D eigenvalue weighted by Gasteiger charge is -2.40. The first-order chi connectivity index (χ1) is 15.0. The molecule has 2 aromatic rings. The van der Waals surface area contributed by atoms with Crippen molar-refractivity contribution in [3.05, 3.63) is 20.8 Å². The number of hydrogen-bond acceptors (Lipinski definition) is 6. The van der Waals surface area contributed by atoms with Crippen LogP contribution >= 0.6 is 0 Å². The van der Waals surface area contributed by atoms with Crippen LogP contribution in [0.4, 0.5) is 5.95 Å². The lowest BCUT2D eigenvalue weighted by Crippen LogP contribution is -2.46. The third-order valence-electron chi connectivity index (χ3n) is 7.23. The van der Waals surface area contributed by atoms with Crippen molar-refractivity contribution in [2.24, 2.45) is 13.0 Å². The Bertz CT molecular complexity index is 1060. The van der Waals surface area contributed by atoms with Crippen LogP contribution in [-0.2, 0) is 24.9 Å². The fourth-order valence-electron chi connectivity index (χ4n) is 5.51. The fourth-order valence-corrected chi connectivity index (χ4v) is 5.51. The van der Waals surface area contributed by atoms with E-state index in [1.807, 2.05) is 0 Å². The highest BCUT2D eigenvalue weighted by Crippen LogP contribution is 2.32. The van der Waals surface area contributed by atoms with E-state index in [-0.39, 0.29) is 11.2 Å². The van der Waals surface area contributed by atoms with Crippen molar-refractivity contribution in [3.63, 3.8) is 0 Å². The normalized spacial score (nSPS) is 23.4. The molecule has 1 aliphatic carbocycles. The fraction of sp³-hybridized carbons (Fsp3) is 0.773. The molecule has 1 atom stereocenters. The molecule has 31 heavy (non-hydrogen) atoms. The average Bonchev–Trinajstić information content (AvgIpc) is 3.18. The highest BCUT2D eigenvalue weighted by molar-refractivity contribution is 5.75. The first kappa shape index (κ1) is 20.8. The van der Waals surface area contributed by atoms with Crippen LogP contribution in [-0.4, -0.2) is 69.0 Å². The average molecular weight is 431 g/mol. The van der Waals surface area contributed by atoms with E-state index in [0.717, 1.165) is 32.1 Å². The van der Waals surface area contributed by atoms with Gasteiger partial charge in [-0.25, -0.2) is 4.79 Å². The Hall–Kier alpha value is -2.13. The Morgan fingerprint density at radius 2 is 1.77 bits per heavy atom. The number of ether oxygens (including phenoxy) is 1. The molecule has 170 valence electrons. The third kappa shape index (κ3) is 3.71. The zero-order valence-corrected chi connectivity index (χ0v) is 18.8. The van der Waals surface area contributed by atoms with Crippen LogP contribution in [0.25, 0.3) is 11.2 Å². The molecule has 9 heteroatoms. The summed E-state index contributed by atoms with van der Waals surface area (Å²) in [6.07, 6.45) is 6.17. The number of morpholine rings is 1. The largest absolute Gasteiger partial charge is 0.379 e. The molecule has 0 unspecified atom stereocenters. The first-order valence-electron chi connectivity index (χ1n) is 11.8. The maximum atomic E-state index is 13.5. The van der Waals surface area contributed by atoms with E-state index in [9.17, 15) is 9.59 Å². The van der Waals surface area contributed by atoms with Crippen molar-refractivity contribution in [1.29, 1.82) is 0 Å². The maximum absolute atomic E-state index is 13.5. The second-order valence-corrected chi connectivity index (χ2v) is 9.50. The van der Waals surface area contributed by atoms with Gasteiger partial charge in [-0.05, 0) is 18.8 Å². The van der Waals surface area contributed by atoms with Crippen molar-refractivity contribution in [2.75, 3.05) is 44.3 Å². The Kier molecular flexibility index (Phi) is 5.64. The van der Waals surface area contributed by atoms with Gasteiger partial charge in [0, 0.05) is 52.4 Å². The summed E-state index contributed by atoms with van der Waals surface area (Å²) in [4.78, 5) is 36.1. The number of nitrogens with zero attached hydrogens (tertiary/aromatic N) is 6. The Balaban J connectivity index is 1.55. The lowest BCUT2D eigenvalue weighted by molar-refractivity contribution is 0.0361. The van der Waals surface area contributed by atoms with Gasteiger partial charge in [0.1, 0.15) is 0 Å². The number of aromatic nitrogens is 4. The van der Waals surface area contributed by atoms with Crippen LogP contribution in [0.2, 0.25) is 0 Å². The summed E-state index contributed by atoms with van der Waals surface area (Å²) in [5, 5.41) is 0. The van der Waals surface area contributed by atoms with Gasteiger partial charge in [0.05, 0.1) is 13.2 Å². The van der Waals surface area contributed by atoms with E-state index in [4.69, 9.17) is 9.72 Å². The summed E-state index contributed by atoms with van der Waals surface area (Å²) in [6.45, 7) is 8.14. The van der Waals surface area contributed by atoms with E-state index in [1.165, 1.54) is 36.7 Å². The van der Waals surface area contributed by atoms with E-state index in [2.05, 4.69) is 21.3 Å². The molecule has 0 radical (unpaired) electrons. The quantitative estimate of drug-likeness (QED) is 0.721. The molecule has 5 rings (SSSR count). The van der Waals surface area contributed by atoms with Crippen LogP contribution in [0.3, 0.4) is 0 Å². The van der Waals surface area contributed by atoms with Gasteiger partial charge in [0.2, 0.25) is 5.95 Å². The van der Waals surface area contributed by atoms with Gasteiger partial charge < -0.3 is 14.2 Å². The molecule has 1 saturated heterocycles. The molecule has 0 aromatic carbocycles. The molecule has 0 amide bonds. The molecule has 2 aromatic heterocycles. The van der Waals surface area contributed by atoms with Crippen LogP contribution in [0.1, 0.15) is 39.0 Å². The topological polar surface area (TPSA) is 77.5 Å². The molecule has 3 aliphatic rings. The molecule has 2 aliphatic heterocycles. The lowest BCUT2D eigenvalue weighted by atomic mass is 9.93. The number of imidazole rings is 1. The molecule has 0 bridgehead atoms. The smallest absolute Gasteiger partial charge is 0.332 e. The third-order valence-corrected chi connectivity index (χ3v) is 7.23. The van der Waals surface area contributed by atoms with Gasteiger partial charge in [0.25, 0.3) is 5.56 Å². The summed E-state index contributed by atoms with van der Waals surface area (Å²) in [7, 11) is 1.74. The zero-order chi connectivity index (χ0) is 21.5. The predicted molar refractivity (Wildman–Crippen MR) is 120 cm³/mol. The van der Waals surface area contributed by atoms with Crippen molar-refractivity contribution in [2.45, 2.75) is 58.2 Å². The van der Waals surface area contributed by atoms with Gasteiger partial charge in [-0.1, -0.05) is 26.2 Å². The minimum absolute atomic E-state index is 0.206. The molecule has 0 N–H and O–H groups in total. The molecule has 1 saturated carbocycles. The molecule has 4 heterocycles. The van der Waals surface area contributed by atoms with Crippen LogP contribution in [0.5, 0.6) is 0 Å². The standard InChI is InChI=1S/C22H34N6O3/c1-16-14-27(17-6-4-3-5-7-17)21-23-19-18(28(21)15-16)20(29)26(22(30)24(19)2)9-8-25-10-12-31-13-11-25/h16-17H,3-15H2,1-2H3/t16-/m1/s1. The summed E-state index contributed by atoms with van der Waals surface area (Å²) in [5.74, 6) is 1.31. The van der Waals surface area contributed by atoms with Crippen molar-refractivity contribution in [1.82, 2.24) is 23.6 Å². The van der Waals surface area contributed by atoms with Crippen LogP contribution < -0.4 is 16.1 Å². The first-order valence-corrected chi connectivity index (χ1v) is 11.8. The molecule has 2 fully saturated rings. The number of fused-ring (bicyclic) bond motifs is 3. The van der Waals surface area contributed by atoms with Gasteiger partial charge >= 0.3 is 5.69 Å². The van der Waals surface area contributed by atoms with Crippen molar-refractivity contribution >= 4 is 17.1 Å². The maximum Gasteiger partial charge on any atom is 0.332 e. The second kappa shape index (κ2) is 8.43. The summed E-state index contributed by atoms with van der Waals surface area (Å²) in [6, 6.07) is 0.479.